The summed E-state index contributed by atoms with van der Waals surface area (Å²) in [4.78, 5) is 41.8. The summed E-state index contributed by atoms with van der Waals surface area (Å²) in [6, 6.07) is 8.83. The van der Waals surface area contributed by atoms with Gasteiger partial charge in [-0.25, -0.2) is 0 Å². The number of carbonyl (C=O) groups is 3. The number of carbonyl (C=O) groups excluding carboxylic acids is 3. The standard InChI is InChI=1S/C25H28N2O4/c28-23(26-13-15-7-4-10-31-15)20(11-14-5-2-1-3-6-14)27-24(29)21-16-8-9-17(19-12-18(16)19)22(21)25(27)30/h1-3,5-6,8-9,15-22H,4,7,10-13H2,(H,26,28)/t15-,16-,17-,18-,19-,20-,21+,22+/m0/s1. The second-order valence-electron chi connectivity index (χ2n) is 9.79. The van der Waals surface area contributed by atoms with Crippen LogP contribution in [0.2, 0.25) is 0 Å². The molecule has 8 atom stereocenters. The van der Waals surface area contributed by atoms with E-state index >= 15 is 0 Å². The van der Waals surface area contributed by atoms with Crippen molar-refractivity contribution in [2.24, 2.45) is 35.5 Å². The molecule has 4 fully saturated rings. The van der Waals surface area contributed by atoms with E-state index in [-0.39, 0.29) is 47.5 Å². The van der Waals surface area contributed by atoms with E-state index in [1.54, 1.807) is 0 Å². The zero-order valence-corrected chi connectivity index (χ0v) is 17.5. The molecule has 1 N–H and O–H groups in total. The number of benzene rings is 1. The molecular weight excluding hydrogens is 392 g/mol. The van der Waals surface area contributed by atoms with Crippen LogP contribution in [0.4, 0.5) is 0 Å². The summed E-state index contributed by atoms with van der Waals surface area (Å²) in [5, 5.41) is 2.97. The van der Waals surface area contributed by atoms with Crippen LogP contribution in [0.15, 0.2) is 42.5 Å². The highest BCUT2D eigenvalue weighted by Crippen LogP contribution is 2.65. The lowest BCUT2D eigenvalue weighted by molar-refractivity contribution is -0.148. The number of imide groups is 1. The molecule has 3 amide bonds. The van der Waals surface area contributed by atoms with E-state index in [0.717, 1.165) is 31.4 Å². The third-order valence-electron chi connectivity index (χ3n) is 8.11. The first-order valence-corrected chi connectivity index (χ1v) is 11.6. The van der Waals surface area contributed by atoms with Gasteiger partial charge in [0, 0.05) is 19.6 Å². The molecule has 1 aromatic carbocycles. The Morgan fingerprint density at radius 3 is 2.35 bits per heavy atom. The molecule has 6 aliphatic rings. The fraction of sp³-hybridized carbons (Fsp3) is 0.560. The number of hydrogen-bond acceptors (Lipinski definition) is 4. The first kappa shape index (κ1) is 19.2. The Morgan fingerprint density at radius 1 is 1.06 bits per heavy atom. The molecule has 1 aromatic rings. The maximum Gasteiger partial charge on any atom is 0.243 e. The third-order valence-corrected chi connectivity index (χ3v) is 8.11. The zero-order valence-electron chi connectivity index (χ0n) is 17.5. The minimum absolute atomic E-state index is 0.0149. The number of hydrogen-bond donors (Lipinski definition) is 1. The van der Waals surface area contributed by atoms with E-state index in [2.05, 4.69) is 17.5 Å². The summed E-state index contributed by atoms with van der Waals surface area (Å²) in [5.41, 5.74) is 0.944. The van der Waals surface area contributed by atoms with Gasteiger partial charge in [-0.15, -0.1) is 0 Å². The fourth-order valence-electron chi connectivity index (χ4n) is 6.56. The van der Waals surface area contributed by atoms with Gasteiger partial charge in [-0.2, -0.15) is 0 Å². The molecule has 31 heavy (non-hydrogen) atoms. The van der Waals surface area contributed by atoms with Crippen LogP contribution in [0.1, 0.15) is 24.8 Å². The average Bonchev–Trinajstić information content (AvgIpc) is 3.38. The van der Waals surface area contributed by atoms with Crippen molar-refractivity contribution in [3.63, 3.8) is 0 Å². The van der Waals surface area contributed by atoms with Crippen LogP contribution in [-0.2, 0) is 25.5 Å². The predicted molar refractivity (Wildman–Crippen MR) is 112 cm³/mol. The van der Waals surface area contributed by atoms with Crippen molar-refractivity contribution in [1.29, 1.82) is 0 Å². The van der Waals surface area contributed by atoms with Crippen molar-refractivity contribution < 1.29 is 19.1 Å². The van der Waals surface area contributed by atoms with E-state index in [1.165, 1.54) is 4.90 Å². The summed E-state index contributed by atoms with van der Waals surface area (Å²) in [6.07, 6.45) is 7.74. The summed E-state index contributed by atoms with van der Waals surface area (Å²) in [6.45, 7) is 1.14. The molecule has 4 aliphatic carbocycles. The Labute approximate surface area is 182 Å². The van der Waals surface area contributed by atoms with Gasteiger partial charge >= 0.3 is 0 Å². The van der Waals surface area contributed by atoms with Crippen molar-refractivity contribution >= 4 is 17.7 Å². The molecule has 2 saturated carbocycles. The van der Waals surface area contributed by atoms with E-state index in [1.807, 2.05) is 30.3 Å². The van der Waals surface area contributed by atoms with Gasteiger partial charge in [0.2, 0.25) is 17.7 Å². The third kappa shape index (κ3) is 3.06. The first-order chi connectivity index (χ1) is 15.1. The van der Waals surface area contributed by atoms with Crippen LogP contribution in [0.3, 0.4) is 0 Å². The molecule has 2 heterocycles. The molecule has 0 aromatic heterocycles. The quantitative estimate of drug-likeness (QED) is 0.564. The summed E-state index contributed by atoms with van der Waals surface area (Å²) in [7, 11) is 0. The highest BCUT2D eigenvalue weighted by atomic mass is 16.5. The second-order valence-corrected chi connectivity index (χ2v) is 9.79. The number of ether oxygens (including phenoxy) is 1. The van der Waals surface area contributed by atoms with Crippen LogP contribution in [0, 0.1) is 35.5 Å². The number of likely N-dealkylation sites (tertiary alicyclic amines) is 1. The molecule has 7 rings (SSSR count). The Hall–Kier alpha value is -2.47. The van der Waals surface area contributed by atoms with E-state index in [9.17, 15) is 14.4 Å². The van der Waals surface area contributed by atoms with Gasteiger partial charge in [-0.3, -0.25) is 19.3 Å². The maximum atomic E-state index is 13.6. The highest BCUT2D eigenvalue weighted by Gasteiger charge is 2.67. The largest absolute Gasteiger partial charge is 0.376 e. The monoisotopic (exact) mass is 420 g/mol. The lowest BCUT2D eigenvalue weighted by Gasteiger charge is -2.37. The molecule has 6 nitrogen and oxygen atoms in total. The fourth-order valence-corrected chi connectivity index (χ4v) is 6.56. The van der Waals surface area contributed by atoms with Crippen LogP contribution >= 0.6 is 0 Å². The van der Waals surface area contributed by atoms with Crippen molar-refractivity contribution in [1.82, 2.24) is 10.2 Å². The number of amides is 3. The summed E-state index contributed by atoms with van der Waals surface area (Å²) >= 11 is 0. The van der Waals surface area contributed by atoms with Crippen LogP contribution in [0.25, 0.3) is 0 Å². The highest BCUT2D eigenvalue weighted by molar-refractivity contribution is 6.09. The predicted octanol–water partition coefficient (Wildman–Crippen LogP) is 1.95. The molecule has 0 unspecified atom stereocenters. The number of nitrogens with one attached hydrogen (secondary N) is 1. The Morgan fingerprint density at radius 2 is 1.74 bits per heavy atom. The molecule has 2 saturated heterocycles. The molecule has 2 aliphatic heterocycles. The Kier molecular flexibility index (Phi) is 4.53. The van der Waals surface area contributed by atoms with E-state index in [0.29, 0.717) is 24.8 Å². The molecule has 6 heteroatoms. The lowest BCUT2D eigenvalue weighted by atomic mass is 9.63. The van der Waals surface area contributed by atoms with Crippen LogP contribution in [-0.4, -0.2) is 47.9 Å². The van der Waals surface area contributed by atoms with Crippen LogP contribution < -0.4 is 5.32 Å². The maximum absolute atomic E-state index is 13.6. The van der Waals surface area contributed by atoms with Gasteiger partial charge in [-0.1, -0.05) is 42.5 Å². The van der Waals surface area contributed by atoms with Gasteiger partial charge in [0.15, 0.2) is 0 Å². The van der Waals surface area contributed by atoms with Crippen molar-refractivity contribution in [3.8, 4) is 0 Å². The SMILES string of the molecule is O=C(NC[C@@H]1CCCO1)[C@H](Cc1ccccc1)N1C(=O)[C@@H]2[C@H]3C=C[C@@H]([C@@H]4C[C@@H]34)[C@H]2C1=O. The minimum Gasteiger partial charge on any atom is -0.376 e. The van der Waals surface area contributed by atoms with Gasteiger partial charge in [0.1, 0.15) is 6.04 Å². The average molecular weight is 421 g/mol. The molecule has 0 radical (unpaired) electrons. The lowest BCUT2D eigenvalue weighted by Crippen LogP contribution is -2.52. The summed E-state index contributed by atoms with van der Waals surface area (Å²) in [5.74, 6) is 0.308. The Balaban J connectivity index is 1.27. The first-order valence-electron chi connectivity index (χ1n) is 11.6. The molecule has 0 spiro atoms. The Bertz CT molecular complexity index is 902. The van der Waals surface area contributed by atoms with Crippen molar-refractivity contribution in [2.45, 2.75) is 37.8 Å². The normalized spacial score (nSPS) is 38.2. The molecule has 162 valence electrons. The van der Waals surface area contributed by atoms with E-state index in [4.69, 9.17) is 4.74 Å². The smallest absolute Gasteiger partial charge is 0.243 e. The summed E-state index contributed by atoms with van der Waals surface area (Å²) < 4.78 is 5.63. The van der Waals surface area contributed by atoms with Gasteiger partial charge in [0.05, 0.1) is 17.9 Å². The zero-order chi connectivity index (χ0) is 21.1. The van der Waals surface area contributed by atoms with Gasteiger partial charge < -0.3 is 10.1 Å². The van der Waals surface area contributed by atoms with E-state index < -0.39 is 6.04 Å². The van der Waals surface area contributed by atoms with Gasteiger partial charge in [0.25, 0.3) is 0 Å². The van der Waals surface area contributed by atoms with Crippen LogP contribution in [0.5, 0.6) is 0 Å². The second kappa shape index (κ2) is 7.30. The number of allylic oxidation sites excluding steroid dienone is 2. The van der Waals surface area contributed by atoms with Crippen molar-refractivity contribution in [3.05, 3.63) is 48.0 Å². The number of nitrogens with zero attached hydrogens (tertiary/aromatic N) is 1. The minimum atomic E-state index is -0.815. The van der Waals surface area contributed by atoms with Crippen molar-refractivity contribution in [2.75, 3.05) is 13.2 Å². The molecule has 2 bridgehead atoms. The number of rotatable bonds is 6. The molecular formula is C25H28N2O4. The topological polar surface area (TPSA) is 75.7 Å². The van der Waals surface area contributed by atoms with Gasteiger partial charge in [-0.05, 0) is 48.5 Å².